The molecule has 3 fully saturated rings. The number of fused-ring (bicyclic) bond motifs is 3. The third kappa shape index (κ3) is 12.7. The Labute approximate surface area is 454 Å². The monoisotopic (exact) mass is 1130 g/mol. The van der Waals surface area contributed by atoms with Crippen LogP contribution in [0.2, 0.25) is 0 Å². The van der Waals surface area contributed by atoms with E-state index in [1.807, 2.05) is 36.4 Å². The van der Waals surface area contributed by atoms with Gasteiger partial charge < -0.3 is 45.6 Å². The van der Waals surface area contributed by atoms with E-state index in [0.29, 0.717) is 59.4 Å². The van der Waals surface area contributed by atoms with Gasteiger partial charge in [-0.05, 0) is 91.4 Å². The number of piperidine rings is 1. The van der Waals surface area contributed by atoms with Gasteiger partial charge in [0.25, 0.3) is 11.8 Å². The Kier molecular flexibility index (Phi) is 17.2. The van der Waals surface area contributed by atoms with Crippen molar-refractivity contribution in [1.82, 2.24) is 35.6 Å². The molecule has 0 saturated carbocycles. The van der Waals surface area contributed by atoms with Gasteiger partial charge in [-0.1, -0.05) is 54.7 Å². The van der Waals surface area contributed by atoms with Crippen LogP contribution in [0.15, 0.2) is 79.0 Å². The molecule has 20 nitrogen and oxygen atoms in total. The van der Waals surface area contributed by atoms with Crippen LogP contribution in [-0.4, -0.2) is 121 Å². The maximum absolute atomic E-state index is 14.9. The first kappa shape index (κ1) is 55.5. The van der Waals surface area contributed by atoms with E-state index in [1.165, 1.54) is 38.2 Å². The molecule has 0 radical (unpaired) electrons. The molecule has 1 unspecified atom stereocenters. The van der Waals surface area contributed by atoms with Gasteiger partial charge in [-0.15, -0.1) is 22.7 Å². The zero-order valence-corrected chi connectivity index (χ0v) is 44.2. The summed E-state index contributed by atoms with van der Waals surface area (Å²) in [5.41, 5.74) is 7.35. The number of halogens is 2. The normalized spacial score (nSPS) is 19.8. The van der Waals surface area contributed by atoms with E-state index in [-0.39, 0.29) is 79.9 Å². The van der Waals surface area contributed by atoms with Gasteiger partial charge in [-0.25, -0.2) is 14.3 Å². The van der Waals surface area contributed by atoms with E-state index in [0.717, 1.165) is 39.5 Å². The van der Waals surface area contributed by atoms with Gasteiger partial charge in [0.1, 0.15) is 35.8 Å². The van der Waals surface area contributed by atoms with Crippen molar-refractivity contribution in [1.29, 1.82) is 0 Å². The number of imide groups is 1. The average molecular weight is 1130 g/mol. The van der Waals surface area contributed by atoms with Crippen LogP contribution in [0.4, 0.5) is 13.6 Å². The summed E-state index contributed by atoms with van der Waals surface area (Å²) in [5, 5.41) is 8.62. The number of hydrogen-bond donors (Lipinski definition) is 6. The maximum atomic E-state index is 14.9. The number of benzene rings is 3. The molecule has 7 N–H and O–H groups in total. The highest BCUT2D eigenvalue weighted by atomic mass is 32.1. The van der Waals surface area contributed by atoms with Crippen molar-refractivity contribution in [3.63, 3.8) is 0 Å². The highest BCUT2D eigenvalue weighted by Crippen LogP contribution is 2.43. The van der Waals surface area contributed by atoms with Crippen LogP contribution in [0, 0.1) is 11.8 Å². The summed E-state index contributed by atoms with van der Waals surface area (Å²) in [6, 6.07) is 14.7. The predicted octanol–water partition coefficient (Wildman–Crippen LogP) is 5.71. The minimum Gasteiger partial charge on any atom is -0.447 e. The van der Waals surface area contributed by atoms with Crippen LogP contribution in [0.25, 0.3) is 20.5 Å². The number of carbonyl (C=O) groups is 8. The lowest BCUT2D eigenvalue weighted by molar-refractivity contribution is -0.189. The number of nitrogens with two attached hydrogens (primary N) is 1. The Morgan fingerprint density at radius 1 is 0.962 bits per heavy atom. The van der Waals surface area contributed by atoms with E-state index >= 15 is 0 Å². The second-order valence-electron chi connectivity index (χ2n) is 19.1. The van der Waals surface area contributed by atoms with Crippen molar-refractivity contribution in [2.75, 3.05) is 19.7 Å². The van der Waals surface area contributed by atoms with Crippen LogP contribution in [0.3, 0.4) is 0 Å². The lowest BCUT2D eigenvalue weighted by atomic mass is 10.0. The van der Waals surface area contributed by atoms with Gasteiger partial charge >= 0.3 is 20.8 Å². The van der Waals surface area contributed by atoms with Crippen molar-refractivity contribution in [2.24, 2.45) is 5.73 Å². The summed E-state index contributed by atoms with van der Waals surface area (Å²) in [6.07, 6.45) is 0.181. The Bertz CT molecular complexity index is 3220. The highest BCUT2D eigenvalue weighted by Gasteiger charge is 2.46. The number of alkyl halides is 2. The quantitative estimate of drug-likeness (QED) is 0.0282. The topological polar surface area (TPSA) is 280 Å². The van der Waals surface area contributed by atoms with E-state index in [1.54, 1.807) is 18.3 Å². The van der Waals surface area contributed by atoms with Gasteiger partial charge in [0.05, 0.1) is 15.3 Å². The molecule has 0 bridgehead atoms. The summed E-state index contributed by atoms with van der Waals surface area (Å²) >= 11 is 2.22. The van der Waals surface area contributed by atoms with Gasteiger partial charge in [0.15, 0.2) is 0 Å². The van der Waals surface area contributed by atoms with Crippen LogP contribution < -0.4 is 21.7 Å². The van der Waals surface area contributed by atoms with Gasteiger partial charge in [-0.3, -0.25) is 38.9 Å². The first-order valence-corrected chi connectivity index (χ1v) is 27.9. The van der Waals surface area contributed by atoms with Gasteiger partial charge in [0.2, 0.25) is 29.5 Å². The molecule has 5 aromatic rings. The molecule has 0 aliphatic carbocycles. The van der Waals surface area contributed by atoms with Crippen LogP contribution >= 0.6 is 31.3 Å². The van der Waals surface area contributed by atoms with E-state index < -0.39 is 80.2 Å². The third-order valence-corrected chi connectivity index (χ3v) is 16.7. The first-order valence-electron chi connectivity index (χ1n) is 25.1. The number of aromatic nitrogens is 1. The Morgan fingerprint density at radius 2 is 1.77 bits per heavy atom. The summed E-state index contributed by atoms with van der Waals surface area (Å²) in [7, 11) is -3.40. The lowest BCUT2D eigenvalue weighted by Crippen LogP contribution is -2.61. The molecule has 3 aromatic carbocycles. The number of carbonyl (C=O) groups excluding carboxylic acids is 8. The number of thiazole rings is 1. The van der Waals surface area contributed by atoms with Crippen LogP contribution in [0.1, 0.15) is 112 Å². The minimum absolute atomic E-state index is 0.0380. The average Bonchev–Trinajstić information content (AvgIpc) is 4.37. The van der Waals surface area contributed by atoms with Gasteiger partial charge in [-0.2, -0.15) is 8.78 Å². The first-order chi connectivity index (χ1) is 37.4. The number of thiophene rings is 1. The Morgan fingerprint density at radius 3 is 2.54 bits per heavy atom. The standard InChI is InChI=1S/C53H53F2N8O12PS2/c54-53(55,75-76(72)73)33-16-20-41-32(24-33)25-42(77-41)48(68)58-37-28-61(45(65)15-8-3-1-2-5-10-30-13-9-14-35-36(30)27-62(50(35)69)39-19-21-44(64)60-46(39)66)23-22-34-17-18-40(63(34)51(37)70)47(67)59-38(29-74-52(56)71)49-57-26-43(78-49)31-11-6-4-7-12-31/h4,6-7,9,11-14,16,20,24-26,34,37-40,72-73H,1-3,8,15,17-19,21-23,27-29H2,(H2,56,71)(H,58,68)(H,59,67)(H,60,64,66)/t34-,37+,38+,39?,40+/m1/s1. The predicted molar refractivity (Wildman–Crippen MR) is 281 cm³/mol. The number of primary amides is 1. The molecule has 4 aliphatic heterocycles. The number of unbranched alkanes of at least 4 members (excludes halogenated alkanes) is 3. The van der Waals surface area contributed by atoms with Crippen LogP contribution in [0.5, 0.6) is 0 Å². The fraction of sp³-hybridized carbons (Fsp3) is 0.377. The molecule has 4 aliphatic rings. The summed E-state index contributed by atoms with van der Waals surface area (Å²) in [5.74, 6) is 2.96. The largest absolute Gasteiger partial charge is 0.447 e. The van der Waals surface area contributed by atoms with Gasteiger partial charge in [0, 0.05) is 67.0 Å². The number of hydrogen-bond acceptors (Lipinski definition) is 15. The molecule has 5 atom stereocenters. The zero-order chi connectivity index (χ0) is 55.3. The van der Waals surface area contributed by atoms with Crippen molar-refractivity contribution in [3.8, 4) is 22.3 Å². The fourth-order valence-corrected chi connectivity index (χ4v) is 12.4. The second kappa shape index (κ2) is 24.2. The number of nitrogens with zero attached hydrogens (tertiary/aromatic N) is 4. The number of nitrogens with one attached hydrogen (secondary N) is 3. The molecule has 0 spiro atoms. The van der Waals surface area contributed by atoms with Crippen molar-refractivity contribution in [3.05, 3.63) is 111 Å². The van der Waals surface area contributed by atoms with Crippen molar-refractivity contribution in [2.45, 2.75) is 107 Å². The van der Waals surface area contributed by atoms with E-state index in [2.05, 4.69) is 37.3 Å². The number of ether oxygens (including phenoxy) is 1. The lowest BCUT2D eigenvalue weighted by Gasteiger charge is -2.39. The van der Waals surface area contributed by atoms with Crippen LogP contribution in [-0.2, 0) is 45.9 Å². The number of amides is 8. The molecule has 78 heavy (non-hydrogen) atoms. The van der Waals surface area contributed by atoms with E-state index in [4.69, 9.17) is 20.3 Å². The minimum atomic E-state index is -4.06. The smallest absolute Gasteiger partial charge is 0.404 e. The van der Waals surface area contributed by atoms with Crippen molar-refractivity contribution >= 4 is 88.8 Å². The summed E-state index contributed by atoms with van der Waals surface area (Å²) < 4.78 is 38.9. The summed E-state index contributed by atoms with van der Waals surface area (Å²) in [6.45, 7) is -0.222. The molecular formula is C53H53F2N8O12PS2. The molecule has 2 aromatic heterocycles. The number of rotatable bonds is 17. The second-order valence-corrected chi connectivity index (χ2v) is 21.9. The molecule has 6 heterocycles. The Balaban J connectivity index is 0.875. The highest BCUT2D eigenvalue weighted by molar-refractivity contribution is 7.39. The fourth-order valence-electron chi connectivity index (χ4n) is 10.2. The molecule has 9 rings (SSSR count). The summed E-state index contributed by atoms with van der Waals surface area (Å²) in [4.78, 5) is 135. The maximum Gasteiger partial charge on any atom is 0.404 e. The zero-order valence-electron chi connectivity index (χ0n) is 41.7. The third-order valence-electron chi connectivity index (χ3n) is 14.0. The molecular weight excluding hydrogens is 1070 g/mol. The SMILES string of the molecule is NC(=O)OC[C@H](NC(=O)[C@@H]1CC[C@@H]2CCN(C(=O)CCCCCC#Cc3cccc4c3CN(C3CCC(=O)NC3=O)C4=O)C[C@H](NC(=O)c3cc4cc(C(F)(F)OP(O)O)ccc4s3)C(=O)N21)c1ncc(-c2ccccc2)s1. The molecule has 408 valence electrons. The van der Waals surface area contributed by atoms with Crippen molar-refractivity contribution < 1.29 is 66.2 Å². The van der Waals surface area contributed by atoms with E-state index in [9.17, 15) is 47.1 Å². The molecule has 3 saturated heterocycles. The molecule has 8 amide bonds. The Hall–Kier alpha value is -7.26. The molecule has 25 heteroatoms.